The number of hydrogen-bond acceptors (Lipinski definition) is 3. The Kier molecular flexibility index (Phi) is 3.17. The molecule has 1 amide bonds. The molecule has 3 rings (SSSR count). The lowest BCUT2D eigenvalue weighted by molar-refractivity contribution is -0.121. The fourth-order valence-electron chi connectivity index (χ4n) is 3.47. The standard InChI is InChI=1S/C15H19NO3/c1-10-11(7-9-19-10)15(18)16-8-3-5-13(16)12-4-2-6-14(12)17/h7,9,12-13H,2-6,8H2,1H3. The lowest BCUT2D eigenvalue weighted by Gasteiger charge is -2.28. The van der Waals surface area contributed by atoms with Crippen LogP contribution in [-0.2, 0) is 4.79 Å². The molecule has 2 heterocycles. The van der Waals surface area contributed by atoms with E-state index in [0.717, 1.165) is 32.2 Å². The van der Waals surface area contributed by atoms with Crippen LogP contribution in [0, 0.1) is 12.8 Å². The van der Waals surface area contributed by atoms with Gasteiger partial charge >= 0.3 is 0 Å². The Balaban J connectivity index is 1.81. The first-order valence-electron chi connectivity index (χ1n) is 7.06. The Morgan fingerprint density at radius 2 is 2.21 bits per heavy atom. The number of rotatable bonds is 2. The molecule has 1 aromatic heterocycles. The second-order valence-electron chi connectivity index (χ2n) is 5.56. The largest absolute Gasteiger partial charge is 0.469 e. The monoisotopic (exact) mass is 261 g/mol. The summed E-state index contributed by atoms with van der Waals surface area (Å²) in [5, 5.41) is 0. The number of ketones is 1. The van der Waals surface area contributed by atoms with Gasteiger partial charge in [-0.2, -0.15) is 0 Å². The van der Waals surface area contributed by atoms with Crippen LogP contribution >= 0.6 is 0 Å². The number of carbonyl (C=O) groups excluding carboxylic acids is 2. The number of amides is 1. The van der Waals surface area contributed by atoms with Gasteiger partial charge in [0.15, 0.2) is 0 Å². The minimum absolute atomic E-state index is 0.0217. The molecular weight excluding hydrogens is 242 g/mol. The van der Waals surface area contributed by atoms with Crippen LogP contribution < -0.4 is 0 Å². The van der Waals surface area contributed by atoms with Gasteiger partial charge in [-0.25, -0.2) is 0 Å². The van der Waals surface area contributed by atoms with Gasteiger partial charge in [-0.1, -0.05) is 0 Å². The van der Waals surface area contributed by atoms with Crippen LogP contribution in [0.3, 0.4) is 0 Å². The molecule has 0 N–H and O–H groups in total. The van der Waals surface area contributed by atoms with Gasteiger partial charge in [0.25, 0.3) is 5.91 Å². The summed E-state index contributed by atoms with van der Waals surface area (Å²) in [6.45, 7) is 2.57. The van der Waals surface area contributed by atoms with E-state index in [1.54, 1.807) is 19.3 Å². The Hall–Kier alpha value is -1.58. The molecular formula is C15H19NO3. The van der Waals surface area contributed by atoms with Crippen LogP contribution in [0.2, 0.25) is 0 Å². The molecule has 2 fully saturated rings. The van der Waals surface area contributed by atoms with Gasteiger partial charge in [0.2, 0.25) is 0 Å². The van der Waals surface area contributed by atoms with Crippen molar-refractivity contribution in [2.24, 2.45) is 5.92 Å². The van der Waals surface area contributed by atoms with Crippen molar-refractivity contribution in [1.82, 2.24) is 4.90 Å². The zero-order chi connectivity index (χ0) is 13.4. The Morgan fingerprint density at radius 1 is 1.37 bits per heavy atom. The molecule has 0 radical (unpaired) electrons. The highest BCUT2D eigenvalue weighted by Gasteiger charge is 2.40. The molecule has 2 aliphatic rings. The molecule has 1 aliphatic heterocycles. The van der Waals surface area contributed by atoms with E-state index in [2.05, 4.69) is 0 Å². The second kappa shape index (κ2) is 4.83. The second-order valence-corrected chi connectivity index (χ2v) is 5.56. The minimum Gasteiger partial charge on any atom is -0.469 e. The molecule has 1 saturated heterocycles. The van der Waals surface area contributed by atoms with E-state index in [1.165, 1.54) is 0 Å². The third-order valence-electron chi connectivity index (χ3n) is 4.47. The van der Waals surface area contributed by atoms with Crippen LogP contribution in [0.5, 0.6) is 0 Å². The van der Waals surface area contributed by atoms with Crippen molar-refractivity contribution in [3.05, 3.63) is 23.7 Å². The molecule has 0 bridgehead atoms. The fraction of sp³-hybridized carbons (Fsp3) is 0.600. The molecule has 0 spiro atoms. The first-order chi connectivity index (χ1) is 9.18. The number of Topliss-reactive ketones (excluding diaryl/α,β-unsaturated/α-hetero) is 1. The molecule has 1 aliphatic carbocycles. The molecule has 2 unspecified atom stereocenters. The van der Waals surface area contributed by atoms with E-state index < -0.39 is 0 Å². The maximum atomic E-state index is 12.6. The van der Waals surface area contributed by atoms with Crippen molar-refractivity contribution >= 4 is 11.7 Å². The molecule has 4 heteroatoms. The van der Waals surface area contributed by atoms with E-state index in [0.29, 0.717) is 23.5 Å². The van der Waals surface area contributed by atoms with E-state index in [9.17, 15) is 9.59 Å². The zero-order valence-corrected chi connectivity index (χ0v) is 11.2. The Labute approximate surface area is 112 Å². The molecule has 19 heavy (non-hydrogen) atoms. The SMILES string of the molecule is Cc1occc1C(=O)N1CCCC1C1CCCC1=O. The van der Waals surface area contributed by atoms with Gasteiger partial charge < -0.3 is 9.32 Å². The first-order valence-corrected chi connectivity index (χ1v) is 7.06. The van der Waals surface area contributed by atoms with Crippen molar-refractivity contribution < 1.29 is 14.0 Å². The third kappa shape index (κ3) is 2.09. The van der Waals surface area contributed by atoms with Crippen LogP contribution in [0.4, 0.5) is 0 Å². The summed E-state index contributed by atoms with van der Waals surface area (Å²) in [6.07, 6.45) is 6.11. The van der Waals surface area contributed by atoms with Gasteiger partial charge in [-0.05, 0) is 38.7 Å². The number of nitrogens with zero attached hydrogens (tertiary/aromatic N) is 1. The van der Waals surface area contributed by atoms with Crippen molar-refractivity contribution in [1.29, 1.82) is 0 Å². The highest BCUT2D eigenvalue weighted by atomic mass is 16.3. The number of likely N-dealkylation sites (tertiary alicyclic amines) is 1. The third-order valence-corrected chi connectivity index (χ3v) is 4.47. The summed E-state index contributed by atoms with van der Waals surface area (Å²) in [7, 11) is 0. The van der Waals surface area contributed by atoms with Crippen LogP contribution in [0.15, 0.2) is 16.7 Å². The Bertz CT molecular complexity index is 505. The predicted octanol–water partition coefficient (Wildman–Crippen LogP) is 2.56. The summed E-state index contributed by atoms with van der Waals surface area (Å²) in [5.41, 5.74) is 0.636. The summed E-state index contributed by atoms with van der Waals surface area (Å²) >= 11 is 0. The van der Waals surface area contributed by atoms with E-state index >= 15 is 0 Å². The molecule has 4 nitrogen and oxygen atoms in total. The highest BCUT2D eigenvalue weighted by Crippen LogP contribution is 2.34. The fourth-order valence-corrected chi connectivity index (χ4v) is 3.47. The van der Waals surface area contributed by atoms with Gasteiger partial charge in [-0.15, -0.1) is 0 Å². The highest BCUT2D eigenvalue weighted by molar-refractivity contribution is 5.96. The Morgan fingerprint density at radius 3 is 2.84 bits per heavy atom. The van der Waals surface area contributed by atoms with E-state index in [4.69, 9.17) is 4.42 Å². The lowest BCUT2D eigenvalue weighted by Crippen LogP contribution is -2.41. The zero-order valence-electron chi connectivity index (χ0n) is 11.2. The first kappa shape index (κ1) is 12.5. The van der Waals surface area contributed by atoms with Gasteiger partial charge in [0.1, 0.15) is 11.5 Å². The van der Waals surface area contributed by atoms with Gasteiger partial charge in [-0.3, -0.25) is 9.59 Å². The summed E-state index contributed by atoms with van der Waals surface area (Å²) < 4.78 is 5.21. The number of furan rings is 1. The maximum absolute atomic E-state index is 12.6. The number of carbonyl (C=O) groups is 2. The quantitative estimate of drug-likeness (QED) is 0.822. The number of hydrogen-bond donors (Lipinski definition) is 0. The summed E-state index contributed by atoms with van der Waals surface area (Å²) in [5.74, 6) is 1.09. The predicted molar refractivity (Wildman–Crippen MR) is 69.9 cm³/mol. The van der Waals surface area contributed by atoms with Gasteiger partial charge in [0, 0.05) is 24.9 Å². The van der Waals surface area contributed by atoms with Gasteiger partial charge in [0.05, 0.1) is 11.8 Å². The average Bonchev–Trinajstić information content (AvgIpc) is 3.07. The molecule has 102 valence electrons. The molecule has 1 aromatic rings. The number of aryl methyl sites for hydroxylation is 1. The van der Waals surface area contributed by atoms with E-state index in [-0.39, 0.29) is 17.9 Å². The average molecular weight is 261 g/mol. The minimum atomic E-state index is 0.0217. The normalized spacial score (nSPS) is 27.2. The summed E-state index contributed by atoms with van der Waals surface area (Å²) in [4.78, 5) is 26.4. The van der Waals surface area contributed by atoms with Crippen molar-refractivity contribution in [2.75, 3.05) is 6.54 Å². The van der Waals surface area contributed by atoms with Crippen LogP contribution in [-0.4, -0.2) is 29.2 Å². The maximum Gasteiger partial charge on any atom is 0.257 e. The van der Waals surface area contributed by atoms with Crippen molar-refractivity contribution in [3.63, 3.8) is 0 Å². The van der Waals surface area contributed by atoms with Crippen LogP contribution in [0.1, 0.15) is 48.2 Å². The summed E-state index contributed by atoms with van der Waals surface area (Å²) in [6, 6.07) is 1.83. The topological polar surface area (TPSA) is 50.5 Å². The van der Waals surface area contributed by atoms with Crippen LogP contribution in [0.25, 0.3) is 0 Å². The molecule has 1 saturated carbocycles. The molecule has 0 aromatic carbocycles. The lowest BCUT2D eigenvalue weighted by atomic mass is 9.95. The smallest absolute Gasteiger partial charge is 0.257 e. The van der Waals surface area contributed by atoms with Crippen molar-refractivity contribution in [2.45, 2.75) is 45.1 Å². The van der Waals surface area contributed by atoms with E-state index in [1.807, 2.05) is 4.90 Å². The van der Waals surface area contributed by atoms with Crippen molar-refractivity contribution in [3.8, 4) is 0 Å². The molecule has 2 atom stereocenters.